The lowest BCUT2D eigenvalue weighted by Gasteiger charge is -2.13. The van der Waals surface area contributed by atoms with Crippen LogP contribution in [-0.2, 0) is 21.4 Å². The molecule has 1 aromatic heterocycles. The van der Waals surface area contributed by atoms with Crippen LogP contribution in [0, 0.1) is 11.6 Å². The number of nitrogens with one attached hydrogen (secondary N) is 2. The smallest absolute Gasteiger partial charge is 0.244 e. The molecule has 0 spiro atoms. The van der Waals surface area contributed by atoms with E-state index in [1.807, 2.05) is 0 Å². The van der Waals surface area contributed by atoms with E-state index in [0.29, 0.717) is 11.3 Å². The predicted molar refractivity (Wildman–Crippen MR) is 111 cm³/mol. The van der Waals surface area contributed by atoms with Crippen LogP contribution in [0.5, 0.6) is 0 Å². The van der Waals surface area contributed by atoms with Crippen molar-refractivity contribution in [3.8, 4) is 0 Å². The molecule has 0 aliphatic rings. The molecule has 2 aromatic carbocycles. The van der Waals surface area contributed by atoms with Crippen molar-refractivity contribution in [1.82, 2.24) is 10.0 Å². The number of carbonyl (C=O) groups excluding carboxylic acids is 1. The maximum Gasteiger partial charge on any atom is 0.244 e. The summed E-state index contributed by atoms with van der Waals surface area (Å²) < 4.78 is 59.0. The Hall–Kier alpha value is -3.30. The first-order valence-corrected chi connectivity index (χ1v) is 10.8. The largest absolute Gasteiger partial charge is 0.468 e. The molecule has 1 unspecified atom stereocenters. The van der Waals surface area contributed by atoms with Crippen LogP contribution < -0.4 is 10.0 Å². The normalized spacial score (nSPS) is 12.7. The Bertz CT molecular complexity index is 1170. The molecule has 2 N–H and O–H groups in total. The van der Waals surface area contributed by atoms with Crippen LogP contribution in [0.25, 0.3) is 6.08 Å². The molecule has 0 saturated carbocycles. The number of halogens is 2. The maximum absolute atomic E-state index is 13.8. The maximum atomic E-state index is 13.8. The highest BCUT2D eigenvalue weighted by Crippen LogP contribution is 2.18. The molecule has 1 atom stereocenters. The second-order valence-electron chi connectivity index (χ2n) is 6.70. The van der Waals surface area contributed by atoms with Crippen molar-refractivity contribution in [2.24, 2.45) is 0 Å². The third-order valence-corrected chi connectivity index (χ3v) is 5.84. The molecule has 0 saturated heterocycles. The zero-order valence-electron chi connectivity index (χ0n) is 16.5. The minimum atomic E-state index is -3.71. The van der Waals surface area contributed by atoms with Gasteiger partial charge in [-0.3, -0.25) is 4.79 Å². The van der Waals surface area contributed by atoms with Crippen LogP contribution in [0.4, 0.5) is 8.78 Å². The van der Waals surface area contributed by atoms with Crippen LogP contribution in [0.2, 0.25) is 0 Å². The van der Waals surface area contributed by atoms with E-state index < -0.39 is 33.6 Å². The Balaban J connectivity index is 1.58. The molecule has 6 nitrogen and oxygen atoms in total. The van der Waals surface area contributed by atoms with Gasteiger partial charge in [-0.1, -0.05) is 18.2 Å². The summed E-state index contributed by atoms with van der Waals surface area (Å²) in [6, 6.07) is 11.7. The first-order valence-electron chi connectivity index (χ1n) is 9.30. The van der Waals surface area contributed by atoms with Crippen LogP contribution >= 0.6 is 0 Å². The first kappa shape index (κ1) is 22.4. The van der Waals surface area contributed by atoms with Gasteiger partial charge in [0.05, 0.1) is 23.7 Å². The number of hydrogen-bond donors (Lipinski definition) is 2. The summed E-state index contributed by atoms with van der Waals surface area (Å²) in [5.41, 5.74) is 0.764. The summed E-state index contributed by atoms with van der Waals surface area (Å²) in [4.78, 5) is 12.2. The number of sulfonamides is 1. The number of rotatable bonds is 8. The second-order valence-corrected chi connectivity index (χ2v) is 8.47. The van der Waals surface area contributed by atoms with E-state index in [-0.39, 0.29) is 17.0 Å². The SMILES string of the molecule is CC(NC(=O)/C=C/c1ccc(S(=O)(=O)NCc2ccco2)cc1)c1ccc(F)cc1F. The molecule has 0 aliphatic carbocycles. The minimum Gasteiger partial charge on any atom is -0.468 e. The average Bonchev–Trinajstić information content (AvgIpc) is 3.25. The summed E-state index contributed by atoms with van der Waals surface area (Å²) in [5.74, 6) is -1.42. The van der Waals surface area contributed by atoms with Gasteiger partial charge in [-0.2, -0.15) is 0 Å². The van der Waals surface area contributed by atoms with Crippen molar-refractivity contribution in [2.45, 2.75) is 24.4 Å². The fourth-order valence-corrected chi connectivity index (χ4v) is 3.78. The lowest BCUT2D eigenvalue weighted by atomic mass is 10.1. The number of furan rings is 1. The fraction of sp³-hybridized carbons (Fsp3) is 0.136. The standard InChI is InChI=1S/C22H20F2N2O4S/c1-15(20-10-7-17(23)13-21(20)24)26-22(27)11-6-16-4-8-19(9-5-16)31(28,29)25-14-18-3-2-12-30-18/h2-13,15,25H,14H2,1H3,(H,26,27)/b11-6+. The average molecular weight is 446 g/mol. The summed E-state index contributed by atoms with van der Waals surface area (Å²) >= 11 is 0. The van der Waals surface area contributed by atoms with E-state index in [9.17, 15) is 22.0 Å². The molecule has 0 radical (unpaired) electrons. The Labute approximate surface area is 178 Å². The van der Waals surface area contributed by atoms with Gasteiger partial charge in [0.15, 0.2) is 0 Å². The number of carbonyl (C=O) groups is 1. The van der Waals surface area contributed by atoms with Crippen LogP contribution in [0.3, 0.4) is 0 Å². The van der Waals surface area contributed by atoms with E-state index in [2.05, 4.69) is 10.0 Å². The highest BCUT2D eigenvalue weighted by atomic mass is 32.2. The van der Waals surface area contributed by atoms with E-state index in [1.54, 1.807) is 31.2 Å². The van der Waals surface area contributed by atoms with Gasteiger partial charge < -0.3 is 9.73 Å². The van der Waals surface area contributed by atoms with Crippen LogP contribution in [0.1, 0.15) is 29.9 Å². The number of hydrogen-bond acceptors (Lipinski definition) is 4. The van der Waals surface area contributed by atoms with Gasteiger partial charge in [0.1, 0.15) is 17.4 Å². The summed E-state index contributed by atoms with van der Waals surface area (Å²) in [6.45, 7) is 1.61. The second kappa shape index (κ2) is 9.67. The van der Waals surface area contributed by atoms with Crippen molar-refractivity contribution < 1.29 is 26.4 Å². The van der Waals surface area contributed by atoms with Crippen LogP contribution in [0.15, 0.2) is 76.2 Å². The zero-order valence-corrected chi connectivity index (χ0v) is 17.3. The van der Waals surface area contributed by atoms with Gasteiger partial charge in [-0.25, -0.2) is 21.9 Å². The van der Waals surface area contributed by atoms with Crippen molar-refractivity contribution in [3.05, 3.63) is 95.5 Å². The van der Waals surface area contributed by atoms with Gasteiger partial charge in [0.2, 0.25) is 15.9 Å². The van der Waals surface area contributed by atoms with Gasteiger partial charge in [-0.05, 0) is 48.9 Å². The topological polar surface area (TPSA) is 88.4 Å². The molecule has 31 heavy (non-hydrogen) atoms. The number of benzene rings is 2. The highest BCUT2D eigenvalue weighted by molar-refractivity contribution is 7.89. The quantitative estimate of drug-likeness (QED) is 0.514. The molecular formula is C22H20F2N2O4S. The molecule has 0 fully saturated rings. The minimum absolute atomic E-state index is 0.0317. The molecule has 1 heterocycles. The van der Waals surface area contributed by atoms with Crippen LogP contribution in [-0.4, -0.2) is 14.3 Å². The third kappa shape index (κ3) is 6.09. The molecular weight excluding hydrogens is 426 g/mol. The van der Waals surface area contributed by atoms with E-state index >= 15 is 0 Å². The molecule has 162 valence electrons. The van der Waals surface area contributed by atoms with Crippen molar-refractivity contribution in [2.75, 3.05) is 0 Å². The zero-order chi connectivity index (χ0) is 22.4. The lowest BCUT2D eigenvalue weighted by Crippen LogP contribution is -2.25. The fourth-order valence-electron chi connectivity index (χ4n) is 2.78. The monoisotopic (exact) mass is 446 g/mol. The molecule has 3 aromatic rings. The predicted octanol–water partition coefficient (Wildman–Crippen LogP) is 3.93. The highest BCUT2D eigenvalue weighted by Gasteiger charge is 2.15. The molecule has 0 bridgehead atoms. The van der Waals surface area contributed by atoms with E-state index in [1.165, 1.54) is 36.6 Å². The Morgan fingerprint density at radius 2 is 1.87 bits per heavy atom. The van der Waals surface area contributed by atoms with Gasteiger partial charge in [0.25, 0.3) is 0 Å². The van der Waals surface area contributed by atoms with Crippen molar-refractivity contribution >= 4 is 22.0 Å². The molecule has 0 aliphatic heterocycles. The summed E-state index contributed by atoms with van der Waals surface area (Å²) in [5, 5.41) is 2.59. The lowest BCUT2D eigenvalue weighted by molar-refractivity contribution is -0.117. The molecule has 9 heteroatoms. The van der Waals surface area contributed by atoms with Crippen molar-refractivity contribution in [1.29, 1.82) is 0 Å². The molecule has 3 rings (SSSR count). The molecule has 1 amide bonds. The Morgan fingerprint density at radius 3 is 2.52 bits per heavy atom. The van der Waals surface area contributed by atoms with Gasteiger partial charge in [-0.15, -0.1) is 0 Å². The first-order chi connectivity index (χ1) is 14.7. The van der Waals surface area contributed by atoms with E-state index in [4.69, 9.17) is 4.42 Å². The Kier molecular flexibility index (Phi) is 6.98. The summed E-state index contributed by atoms with van der Waals surface area (Å²) in [7, 11) is -3.71. The van der Waals surface area contributed by atoms with Gasteiger partial charge >= 0.3 is 0 Å². The summed E-state index contributed by atoms with van der Waals surface area (Å²) in [6.07, 6.45) is 4.20. The van der Waals surface area contributed by atoms with Gasteiger partial charge in [0, 0.05) is 17.7 Å². The Morgan fingerprint density at radius 1 is 1.13 bits per heavy atom. The van der Waals surface area contributed by atoms with E-state index in [0.717, 1.165) is 12.1 Å². The number of amides is 1. The van der Waals surface area contributed by atoms with Crippen molar-refractivity contribution in [3.63, 3.8) is 0 Å². The third-order valence-electron chi connectivity index (χ3n) is 4.42.